The molecule has 5 nitrogen and oxygen atoms in total. The number of benzene rings is 2. The van der Waals surface area contributed by atoms with Gasteiger partial charge in [-0.1, -0.05) is 25.1 Å². The molecule has 0 aliphatic carbocycles. The maximum atomic E-state index is 5.36. The normalized spacial score (nSPS) is 10.8. The van der Waals surface area contributed by atoms with Gasteiger partial charge in [0.25, 0.3) is 0 Å². The van der Waals surface area contributed by atoms with Gasteiger partial charge in [-0.3, -0.25) is 4.98 Å². The summed E-state index contributed by atoms with van der Waals surface area (Å²) in [5.41, 5.74) is 4.00. The summed E-state index contributed by atoms with van der Waals surface area (Å²) in [6.07, 6.45) is 4.56. The van der Waals surface area contributed by atoms with Crippen LogP contribution in [0.2, 0.25) is 0 Å². The molecule has 4 rings (SSSR count). The first-order valence-corrected chi connectivity index (χ1v) is 9.39. The number of nitrogens with zero attached hydrogens (tertiary/aromatic N) is 3. The number of pyridine rings is 1. The molecule has 2 aromatic heterocycles. The second-order valence-electron chi connectivity index (χ2n) is 6.53. The molecule has 5 heteroatoms. The maximum absolute atomic E-state index is 5.36. The minimum atomic E-state index is 0.674. The third-order valence-electron chi connectivity index (χ3n) is 4.56. The van der Waals surface area contributed by atoms with Crippen molar-refractivity contribution < 1.29 is 4.74 Å². The van der Waals surface area contributed by atoms with Gasteiger partial charge in [0, 0.05) is 29.9 Å². The third kappa shape index (κ3) is 3.64. The molecule has 2 aromatic carbocycles. The van der Waals surface area contributed by atoms with Crippen LogP contribution in [0.15, 0.2) is 67.0 Å². The van der Waals surface area contributed by atoms with E-state index >= 15 is 0 Å². The zero-order valence-corrected chi connectivity index (χ0v) is 16.0. The van der Waals surface area contributed by atoms with Crippen molar-refractivity contribution in [3.63, 3.8) is 0 Å². The summed E-state index contributed by atoms with van der Waals surface area (Å²) in [6, 6.07) is 18.2. The molecule has 0 aliphatic heterocycles. The summed E-state index contributed by atoms with van der Waals surface area (Å²) in [7, 11) is 1.68. The van der Waals surface area contributed by atoms with Gasteiger partial charge in [-0.15, -0.1) is 0 Å². The summed E-state index contributed by atoms with van der Waals surface area (Å²) in [6.45, 7) is 2.99. The molecule has 0 saturated carbocycles. The number of fused-ring (bicyclic) bond motifs is 1. The molecule has 0 saturated heterocycles. The van der Waals surface area contributed by atoms with Gasteiger partial charge in [-0.25, -0.2) is 9.97 Å². The van der Waals surface area contributed by atoms with Crippen molar-refractivity contribution >= 4 is 16.7 Å². The molecule has 2 heterocycles. The van der Waals surface area contributed by atoms with E-state index in [1.165, 1.54) is 0 Å². The van der Waals surface area contributed by atoms with Crippen LogP contribution >= 0.6 is 0 Å². The minimum Gasteiger partial charge on any atom is -0.497 e. The zero-order chi connectivity index (χ0) is 19.3. The van der Waals surface area contributed by atoms with Crippen molar-refractivity contribution in [1.82, 2.24) is 15.0 Å². The van der Waals surface area contributed by atoms with Crippen LogP contribution in [0.3, 0.4) is 0 Å². The highest BCUT2D eigenvalue weighted by molar-refractivity contribution is 5.94. The maximum Gasteiger partial charge on any atom is 0.163 e. The van der Waals surface area contributed by atoms with E-state index in [2.05, 4.69) is 35.4 Å². The van der Waals surface area contributed by atoms with Gasteiger partial charge in [-0.05, 0) is 53.9 Å². The van der Waals surface area contributed by atoms with Gasteiger partial charge in [0.2, 0.25) is 0 Å². The first kappa shape index (κ1) is 17.9. The van der Waals surface area contributed by atoms with Crippen LogP contribution in [0.25, 0.3) is 33.4 Å². The number of rotatable bonds is 6. The second kappa shape index (κ2) is 8.05. The van der Waals surface area contributed by atoms with Crippen molar-refractivity contribution in [1.29, 1.82) is 0 Å². The third-order valence-corrected chi connectivity index (χ3v) is 4.56. The Kier molecular flexibility index (Phi) is 5.15. The Bertz CT molecular complexity index is 1100. The molecular formula is C23H22N4O. The minimum absolute atomic E-state index is 0.674. The Labute approximate surface area is 164 Å². The Morgan fingerprint density at radius 1 is 0.929 bits per heavy atom. The zero-order valence-electron chi connectivity index (χ0n) is 16.0. The number of aromatic nitrogens is 3. The molecule has 28 heavy (non-hydrogen) atoms. The fourth-order valence-corrected chi connectivity index (χ4v) is 3.11. The fraction of sp³-hybridized carbons (Fsp3) is 0.174. The molecule has 0 unspecified atom stereocenters. The Morgan fingerprint density at radius 3 is 2.57 bits per heavy atom. The quantitative estimate of drug-likeness (QED) is 0.506. The Morgan fingerprint density at radius 2 is 1.79 bits per heavy atom. The Balaban J connectivity index is 1.85. The molecule has 1 N–H and O–H groups in total. The van der Waals surface area contributed by atoms with Crippen molar-refractivity contribution in [2.24, 2.45) is 0 Å². The molecule has 0 bridgehead atoms. The SMILES string of the molecule is CCCNc1nc(-c2cccnc2)nc2ccc(-c3cccc(OC)c3)cc12. The van der Waals surface area contributed by atoms with Crippen LogP contribution in [0.4, 0.5) is 5.82 Å². The number of hydrogen-bond acceptors (Lipinski definition) is 5. The molecule has 0 radical (unpaired) electrons. The van der Waals surface area contributed by atoms with Crippen LogP contribution in [0.5, 0.6) is 5.75 Å². The van der Waals surface area contributed by atoms with Crippen LogP contribution in [-0.4, -0.2) is 28.6 Å². The lowest BCUT2D eigenvalue weighted by Crippen LogP contribution is -2.05. The number of ether oxygens (including phenoxy) is 1. The first-order valence-electron chi connectivity index (χ1n) is 9.39. The van der Waals surface area contributed by atoms with Crippen molar-refractivity contribution in [3.8, 4) is 28.3 Å². The van der Waals surface area contributed by atoms with Gasteiger partial charge in [0.15, 0.2) is 5.82 Å². The molecular weight excluding hydrogens is 348 g/mol. The van der Waals surface area contributed by atoms with Crippen LogP contribution in [-0.2, 0) is 0 Å². The number of methoxy groups -OCH3 is 1. The average molecular weight is 370 g/mol. The van der Waals surface area contributed by atoms with Gasteiger partial charge in [0.05, 0.1) is 12.6 Å². The van der Waals surface area contributed by atoms with Crippen molar-refractivity contribution in [3.05, 3.63) is 67.0 Å². The first-order chi connectivity index (χ1) is 13.8. The second-order valence-corrected chi connectivity index (χ2v) is 6.53. The van der Waals surface area contributed by atoms with Crippen LogP contribution in [0, 0.1) is 0 Å². The van der Waals surface area contributed by atoms with E-state index in [0.29, 0.717) is 5.82 Å². The van der Waals surface area contributed by atoms with E-state index in [4.69, 9.17) is 14.7 Å². The van der Waals surface area contributed by atoms with Gasteiger partial charge < -0.3 is 10.1 Å². The number of anilines is 1. The highest BCUT2D eigenvalue weighted by Gasteiger charge is 2.11. The molecule has 140 valence electrons. The standard InChI is InChI=1S/C23H22N4O/c1-3-11-25-23-20-14-17(16-6-4-8-19(13-16)28-2)9-10-21(20)26-22(27-23)18-7-5-12-24-15-18/h4-10,12-15H,3,11H2,1-2H3,(H,25,26,27). The molecule has 0 spiro atoms. The van der Waals surface area contributed by atoms with Crippen molar-refractivity contribution in [2.45, 2.75) is 13.3 Å². The number of hydrogen-bond donors (Lipinski definition) is 1. The summed E-state index contributed by atoms with van der Waals surface area (Å²) < 4.78 is 5.36. The highest BCUT2D eigenvalue weighted by Crippen LogP contribution is 2.30. The van der Waals surface area contributed by atoms with E-state index in [0.717, 1.165) is 52.1 Å². The van der Waals surface area contributed by atoms with Gasteiger partial charge in [-0.2, -0.15) is 0 Å². The molecule has 4 aromatic rings. The fourth-order valence-electron chi connectivity index (χ4n) is 3.11. The summed E-state index contributed by atoms with van der Waals surface area (Å²) in [5, 5.41) is 4.45. The van der Waals surface area contributed by atoms with E-state index in [-0.39, 0.29) is 0 Å². The lowest BCUT2D eigenvalue weighted by atomic mass is 10.0. The summed E-state index contributed by atoms with van der Waals surface area (Å²) >= 11 is 0. The van der Waals surface area contributed by atoms with E-state index in [1.54, 1.807) is 19.5 Å². The van der Waals surface area contributed by atoms with E-state index < -0.39 is 0 Å². The predicted octanol–water partition coefficient (Wildman–Crippen LogP) is 5.19. The van der Waals surface area contributed by atoms with E-state index in [9.17, 15) is 0 Å². The van der Waals surface area contributed by atoms with Crippen molar-refractivity contribution in [2.75, 3.05) is 19.0 Å². The molecule has 0 fully saturated rings. The molecule has 0 aliphatic rings. The lowest BCUT2D eigenvalue weighted by molar-refractivity contribution is 0.415. The predicted molar refractivity (Wildman–Crippen MR) is 114 cm³/mol. The molecule has 0 atom stereocenters. The van der Waals surface area contributed by atoms with Crippen LogP contribution < -0.4 is 10.1 Å². The highest BCUT2D eigenvalue weighted by atomic mass is 16.5. The Hall–Kier alpha value is -3.47. The van der Waals surface area contributed by atoms with Gasteiger partial charge >= 0.3 is 0 Å². The molecule has 0 amide bonds. The smallest absolute Gasteiger partial charge is 0.163 e. The summed E-state index contributed by atoms with van der Waals surface area (Å²) in [5.74, 6) is 2.36. The van der Waals surface area contributed by atoms with Gasteiger partial charge in [0.1, 0.15) is 11.6 Å². The monoisotopic (exact) mass is 370 g/mol. The van der Waals surface area contributed by atoms with E-state index in [1.807, 2.05) is 36.4 Å². The average Bonchev–Trinajstić information content (AvgIpc) is 2.77. The lowest BCUT2D eigenvalue weighted by Gasteiger charge is -2.12. The summed E-state index contributed by atoms with van der Waals surface area (Å²) in [4.78, 5) is 13.7. The number of nitrogens with one attached hydrogen (secondary N) is 1. The topological polar surface area (TPSA) is 59.9 Å². The largest absolute Gasteiger partial charge is 0.497 e. The van der Waals surface area contributed by atoms with Crippen LogP contribution in [0.1, 0.15) is 13.3 Å².